The molecule has 0 aliphatic carbocycles. The number of thiazole rings is 2. The van der Waals surface area contributed by atoms with Crippen molar-refractivity contribution >= 4 is 82.5 Å². The lowest BCUT2D eigenvalue weighted by Crippen LogP contribution is -2.57. The maximum atomic E-state index is 15.6. The van der Waals surface area contributed by atoms with Crippen LogP contribution in [0.1, 0.15) is 21.1 Å². The van der Waals surface area contributed by atoms with Crippen molar-refractivity contribution in [1.82, 2.24) is 24.7 Å². The van der Waals surface area contributed by atoms with E-state index in [4.69, 9.17) is 0 Å². The van der Waals surface area contributed by atoms with Gasteiger partial charge in [-0.15, -0.1) is 22.7 Å². The summed E-state index contributed by atoms with van der Waals surface area (Å²) in [6.07, 6.45) is -1.16. The number of likely N-dealkylation sites (N-methyl/N-ethyl adjacent to an activating group) is 2. The van der Waals surface area contributed by atoms with E-state index in [1.807, 2.05) is 4.72 Å². The summed E-state index contributed by atoms with van der Waals surface area (Å²) in [5.74, 6) is -6.78. The first-order valence-corrected chi connectivity index (χ1v) is 20.0. The minimum Gasteiger partial charge on any atom is -0.325 e. The molecule has 2 aromatic heterocycles. The van der Waals surface area contributed by atoms with Gasteiger partial charge >= 0.3 is 16.2 Å². The van der Waals surface area contributed by atoms with Crippen LogP contribution in [-0.4, -0.2) is 62.4 Å². The van der Waals surface area contributed by atoms with Gasteiger partial charge in [-0.05, 0) is 86.0 Å². The van der Waals surface area contributed by atoms with Crippen molar-refractivity contribution in [3.63, 3.8) is 0 Å². The molecule has 57 heavy (non-hydrogen) atoms. The zero-order valence-corrected chi connectivity index (χ0v) is 32.8. The Hall–Kier alpha value is -5.57. The second-order valence-electron chi connectivity index (χ2n) is 12.9. The van der Waals surface area contributed by atoms with E-state index in [1.54, 1.807) is 36.8 Å². The van der Waals surface area contributed by atoms with Gasteiger partial charge in [0.1, 0.15) is 40.9 Å². The SMILES string of the molecule is Cc1nc2cc(N(C)C(=O)[C@H](Cc3cc(F)cc(F)c3)NC(=O)NS(=O)(=O)N[C@@H](Cc3cc(F)cc(F)c3)C(=O)N(C)c3ccc4sc(C)nc4c3F)ccc2s1. The van der Waals surface area contributed by atoms with Gasteiger partial charge in [-0.3, -0.25) is 9.59 Å². The molecule has 2 atom stereocenters. The summed E-state index contributed by atoms with van der Waals surface area (Å²) in [7, 11) is -2.56. The topological polar surface area (TPSA) is 154 Å². The van der Waals surface area contributed by atoms with Crippen LogP contribution in [0.2, 0.25) is 0 Å². The Morgan fingerprint density at radius 2 is 1.23 bits per heavy atom. The number of nitrogens with zero attached hydrogens (tertiary/aromatic N) is 4. The first-order chi connectivity index (χ1) is 26.8. The number of hydrogen-bond donors (Lipinski definition) is 3. The molecule has 6 aromatic rings. The Kier molecular flexibility index (Phi) is 11.9. The average Bonchev–Trinajstić information content (AvgIpc) is 3.69. The van der Waals surface area contributed by atoms with Gasteiger partial charge < -0.3 is 15.1 Å². The Balaban J connectivity index is 1.26. The van der Waals surface area contributed by atoms with Crippen LogP contribution in [0.15, 0.2) is 66.7 Å². The minimum absolute atomic E-state index is 0.0353. The van der Waals surface area contributed by atoms with E-state index < -0.39 is 82.1 Å². The number of benzene rings is 4. The van der Waals surface area contributed by atoms with Crippen LogP contribution >= 0.6 is 22.7 Å². The molecule has 0 saturated carbocycles. The standard InChI is InChI=1S/C37H32F5N7O5S3/c1-18-43-27-17-26(5-7-31(27)55-18)48(3)35(50)28(13-20-9-22(38)15-23(39)10-20)45-37(52)47-57(53,54)46-29(14-21-11-24(40)16-25(41)12-21)36(51)49(4)30-6-8-32-34(33(30)42)44-19(2)56-32/h5-12,15-17,28-29,46H,13-14H2,1-4H3,(H2,45,47,52)/t28-,29-/m0/s1. The summed E-state index contributed by atoms with van der Waals surface area (Å²) >= 11 is 2.63. The van der Waals surface area contributed by atoms with Crippen LogP contribution in [0.3, 0.4) is 0 Å². The second kappa shape index (κ2) is 16.5. The third-order valence-electron chi connectivity index (χ3n) is 8.62. The number of urea groups is 1. The van der Waals surface area contributed by atoms with Gasteiger partial charge in [0, 0.05) is 38.3 Å². The van der Waals surface area contributed by atoms with Crippen molar-refractivity contribution in [3.05, 3.63) is 117 Å². The average molecular weight is 846 g/mol. The highest BCUT2D eigenvalue weighted by Gasteiger charge is 2.32. The molecule has 0 unspecified atom stereocenters. The van der Waals surface area contributed by atoms with Crippen LogP contribution in [0, 0.1) is 42.9 Å². The van der Waals surface area contributed by atoms with E-state index in [-0.39, 0.29) is 22.3 Å². The molecule has 20 heteroatoms. The fourth-order valence-electron chi connectivity index (χ4n) is 6.11. The van der Waals surface area contributed by atoms with E-state index >= 15 is 4.39 Å². The van der Waals surface area contributed by atoms with E-state index in [0.717, 1.165) is 50.8 Å². The van der Waals surface area contributed by atoms with Crippen LogP contribution in [-0.2, 0) is 32.6 Å². The van der Waals surface area contributed by atoms with Crippen molar-refractivity contribution in [2.45, 2.75) is 38.8 Å². The first kappa shape index (κ1) is 41.1. The zero-order valence-electron chi connectivity index (χ0n) is 30.4. The van der Waals surface area contributed by atoms with Crippen molar-refractivity contribution in [2.75, 3.05) is 23.9 Å². The highest BCUT2D eigenvalue weighted by molar-refractivity contribution is 7.88. The smallest absolute Gasteiger partial charge is 0.325 e. The Morgan fingerprint density at radius 3 is 1.84 bits per heavy atom. The van der Waals surface area contributed by atoms with Gasteiger partial charge in [-0.2, -0.15) is 13.1 Å². The lowest BCUT2D eigenvalue weighted by atomic mass is 10.0. The molecule has 298 valence electrons. The Bertz CT molecular complexity index is 2620. The number of rotatable bonds is 12. The maximum Gasteiger partial charge on any atom is 0.330 e. The molecule has 12 nitrogen and oxygen atoms in total. The zero-order chi connectivity index (χ0) is 41.3. The molecule has 0 saturated heterocycles. The summed E-state index contributed by atoms with van der Waals surface area (Å²) < 4.78 is 104. The molecule has 3 N–H and O–H groups in total. The molecule has 0 bridgehead atoms. The highest BCUT2D eigenvalue weighted by Crippen LogP contribution is 2.31. The molecule has 0 aliphatic rings. The normalized spacial score (nSPS) is 12.7. The first-order valence-electron chi connectivity index (χ1n) is 16.8. The van der Waals surface area contributed by atoms with Crippen LogP contribution in [0.5, 0.6) is 0 Å². The summed E-state index contributed by atoms with van der Waals surface area (Å²) in [6.45, 7) is 3.46. The maximum absolute atomic E-state index is 15.6. The quantitative estimate of drug-likeness (QED) is 0.124. The number of fused-ring (bicyclic) bond motifs is 2. The van der Waals surface area contributed by atoms with E-state index in [0.29, 0.717) is 33.0 Å². The van der Waals surface area contributed by atoms with Crippen molar-refractivity contribution in [2.24, 2.45) is 0 Å². The van der Waals surface area contributed by atoms with E-state index in [2.05, 4.69) is 15.3 Å². The van der Waals surface area contributed by atoms with Gasteiger partial charge in [0.15, 0.2) is 5.82 Å². The molecular formula is C37H32F5N7O5S3. The monoisotopic (exact) mass is 845 g/mol. The number of carbonyl (C=O) groups is 3. The predicted molar refractivity (Wildman–Crippen MR) is 207 cm³/mol. The number of aromatic nitrogens is 2. The number of amides is 4. The van der Waals surface area contributed by atoms with E-state index in [9.17, 15) is 40.4 Å². The van der Waals surface area contributed by atoms with Gasteiger partial charge in [0.05, 0.1) is 30.6 Å². The fourth-order valence-corrected chi connectivity index (χ4v) is 8.66. The predicted octanol–water partition coefficient (Wildman–Crippen LogP) is 6.20. The summed E-state index contributed by atoms with van der Waals surface area (Å²) in [5, 5.41) is 3.54. The molecule has 0 radical (unpaired) electrons. The molecule has 4 aromatic carbocycles. The van der Waals surface area contributed by atoms with Gasteiger partial charge in [0.2, 0.25) is 11.8 Å². The molecular weight excluding hydrogens is 814 g/mol. The van der Waals surface area contributed by atoms with Gasteiger partial charge in [-0.1, -0.05) is 0 Å². The molecule has 0 spiro atoms. The third kappa shape index (κ3) is 9.70. The molecule has 0 aliphatic heterocycles. The van der Waals surface area contributed by atoms with Crippen molar-refractivity contribution in [3.8, 4) is 0 Å². The number of carbonyl (C=O) groups excluding carboxylic acids is 3. The summed E-state index contributed by atoms with van der Waals surface area (Å²) in [4.78, 5) is 51.6. The number of anilines is 2. The molecule has 2 heterocycles. The third-order valence-corrected chi connectivity index (χ3v) is 11.6. The van der Waals surface area contributed by atoms with Crippen LogP contribution < -0.4 is 24.6 Å². The summed E-state index contributed by atoms with van der Waals surface area (Å²) in [6, 6.07) is 7.50. The Morgan fingerprint density at radius 1 is 0.702 bits per heavy atom. The number of hydrogen-bond acceptors (Lipinski definition) is 9. The molecule has 6 rings (SSSR count). The molecule has 4 amide bonds. The minimum atomic E-state index is -5.08. The number of halogens is 5. The lowest BCUT2D eigenvalue weighted by Gasteiger charge is -2.26. The number of aryl methyl sites for hydroxylation is 2. The molecule has 0 fully saturated rings. The number of nitrogens with one attached hydrogen (secondary N) is 3. The highest BCUT2D eigenvalue weighted by atomic mass is 32.2. The van der Waals surface area contributed by atoms with Crippen LogP contribution in [0.4, 0.5) is 38.1 Å². The fraction of sp³-hybridized carbons (Fsp3) is 0.216. The largest absolute Gasteiger partial charge is 0.330 e. The van der Waals surface area contributed by atoms with Crippen LogP contribution in [0.25, 0.3) is 20.4 Å². The summed E-state index contributed by atoms with van der Waals surface area (Å²) in [5.41, 5.74) is 0.371. The Labute approximate surface area is 330 Å². The van der Waals surface area contributed by atoms with Gasteiger partial charge in [-0.25, -0.2) is 41.4 Å². The van der Waals surface area contributed by atoms with Crippen molar-refractivity contribution < 1.29 is 44.8 Å². The van der Waals surface area contributed by atoms with Crippen molar-refractivity contribution in [1.29, 1.82) is 0 Å². The second-order valence-corrected chi connectivity index (χ2v) is 16.8. The van der Waals surface area contributed by atoms with E-state index in [1.165, 1.54) is 41.9 Å². The lowest BCUT2D eigenvalue weighted by molar-refractivity contribution is -0.120. The van der Waals surface area contributed by atoms with Gasteiger partial charge in [0.25, 0.3) is 0 Å².